The van der Waals surface area contributed by atoms with Crippen molar-refractivity contribution in [1.29, 1.82) is 0 Å². The monoisotopic (exact) mass is 839 g/mol. The summed E-state index contributed by atoms with van der Waals surface area (Å²) in [5.41, 5.74) is 6.27. The Hall–Kier alpha value is -1.15. The predicted molar refractivity (Wildman–Crippen MR) is 240 cm³/mol. The van der Waals surface area contributed by atoms with Crippen molar-refractivity contribution in [2.45, 2.75) is 200 Å². The van der Waals surface area contributed by atoms with E-state index >= 15 is 0 Å². The van der Waals surface area contributed by atoms with E-state index in [9.17, 15) is 0 Å². The first kappa shape index (κ1) is 43.0. The molecule has 5 rings (SSSR count). The fourth-order valence-corrected chi connectivity index (χ4v) is 12.8. The molecule has 0 aliphatic heterocycles. The Morgan fingerprint density at radius 3 is 1.64 bits per heavy atom. The van der Waals surface area contributed by atoms with E-state index in [1.54, 1.807) is 16.0 Å². The number of halogens is 1. The summed E-state index contributed by atoms with van der Waals surface area (Å²) in [6.07, 6.45) is 37.7. The van der Waals surface area contributed by atoms with Crippen molar-refractivity contribution >= 4 is 61.4 Å². The van der Waals surface area contributed by atoms with Gasteiger partial charge < -0.3 is 0 Å². The topological polar surface area (TPSA) is 38.7 Å². The van der Waals surface area contributed by atoms with Gasteiger partial charge in [-0.05, 0) is 69.2 Å². The number of hydrogen-bond acceptors (Lipinski definition) is 6. The van der Waals surface area contributed by atoms with Gasteiger partial charge in [0, 0.05) is 21.4 Å². The van der Waals surface area contributed by atoms with Crippen LogP contribution in [0.3, 0.4) is 0 Å². The van der Waals surface area contributed by atoms with Gasteiger partial charge in [-0.15, -0.1) is 22.7 Å². The van der Waals surface area contributed by atoms with Crippen LogP contribution in [-0.2, 0) is 5.41 Å². The molecule has 0 amide bonds. The molecule has 7 heteroatoms. The lowest BCUT2D eigenvalue weighted by Crippen LogP contribution is -2.31. The maximum atomic E-state index is 5.00. The van der Waals surface area contributed by atoms with Crippen LogP contribution in [0.5, 0.6) is 0 Å². The van der Waals surface area contributed by atoms with Gasteiger partial charge in [0.25, 0.3) is 0 Å². The van der Waals surface area contributed by atoms with E-state index in [1.807, 2.05) is 28.9 Å². The zero-order valence-corrected chi connectivity index (χ0v) is 37.8. The van der Waals surface area contributed by atoms with E-state index in [0.717, 1.165) is 33.0 Å². The molecule has 0 N–H and O–H groups in total. The average molecular weight is 841 g/mol. The maximum Gasteiger partial charge on any atom is 0.133 e. The largest absolute Gasteiger partial charge is 0.252 e. The van der Waals surface area contributed by atoms with E-state index in [-0.39, 0.29) is 5.41 Å². The molecule has 294 valence electrons. The summed E-state index contributed by atoms with van der Waals surface area (Å²) in [6, 6.07) is 5.16. The molecule has 1 aliphatic carbocycles. The Morgan fingerprint density at radius 1 is 0.604 bits per heavy atom. The van der Waals surface area contributed by atoms with Crippen LogP contribution in [0.1, 0.15) is 206 Å². The van der Waals surface area contributed by atoms with Crippen molar-refractivity contribution in [2.75, 3.05) is 0 Å². The molecule has 4 heterocycles. The maximum absolute atomic E-state index is 5.00. The summed E-state index contributed by atoms with van der Waals surface area (Å²) >= 11 is 8.97. The highest BCUT2D eigenvalue weighted by Gasteiger charge is 2.47. The van der Waals surface area contributed by atoms with E-state index < -0.39 is 0 Å². The first-order valence-electron chi connectivity index (χ1n) is 22.1. The summed E-state index contributed by atoms with van der Waals surface area (Å²) in [4.78, 5) is 9.35. The average Bonchev–Trinajstić information content (AvgIpc) is 3.97. The Bertz CT molecular complexity index is 1570. The summed E-state index contributed by atoms with van der Waals surface area (Å²) in [5.74, 6) is 1.55. The van der Waals surface area contributed by atoms with Gasteiger partial charge in [0.2, 0.25) is 0 Å². The normalized spacial score (nSPS) is 16.4. The van der Waals surface area contributed by atoms with E-state index in [1.165, 1.54) is 188 Å². The minimum atomic E-state index is 0.0868. The van der Waals surface area contributed by atoms with Crippen LogP contribution >= 0.6 is 50.3 Å². The molecule has 0 aromatic carbocycles. The lowest BCUT2D eigenvalue weighted by atomic mass is 9.65. The molecule has 4 aromatic rings. The minimum Gasteiger partial charge on any atom is -0.252 e. The van der Waals surface area contributed by atoms with Crippen molar-refractivity contribution in [2.24, 2.45) is 11.8 Å². The van der Waals surface area contributed by atoms with Gasteiger partial charge in [0.05, 0.1) is 21.1 Å². The van der Waals surface area contributed by atoms with Crippen molar-refractivity contribution in [1.82, 2.24) is 13.7 Å². The van der Waals surface area contributed by atoms with Gasteiger partial charge in [-0.1, -0.05) is 182 Å². The molecular weight excluding hydrogens is 771 g/mol. The lowest BCUT2D eigenvalue weighted by molar-refractivity contribution is 0.250. The van der Waals surface area contributed by atoms with Gasteiger partial charge in [-0.2, -0.15) is 8.75 Å². The number of nitrogens with zero attached hydrogens (tertiary/aromatic N) is 3. The van der Waals surface area contributed by atoms with Crippen molar-refractivity contribution in [3.63, 3.8) is 0 Å². The summed E-state index contributed by atoms with van der Waals surface area (Å²) in [7, 11) is 0. The second-order valence-electron chi connectivity index (χ2n) is 16.5. The van der Waals surface area contributed by atoms with E-state index in [2.05, 4.69) is 65.5 Å². The Labute approximate surface area is 344 Å². The fourth-order valence-electron chi connectivity index (χ4n) is 9.32. The smallest absolute Gasteiger partial charge is 0.133 e. The second-order valence-corrected chi connectivity index (χ2v) is 19.8. The summed E-state index contributed by atoms with van der Waals surface area (Å²) < 4.78 is 10.3. The SMILES string of the molecule is CCCCCCCCC(CCCCCC)CC1(CC(CCCCCC)CCCCCCCC)c2ccsc2-c2sc(-c3ncc(Br)c4nsnc34)cc21. The van der Waals surface area contributed by atoms with E-state index in [0.29, 0.717) is 0 Å². The van der Waals surface area contributed by atoms with Crippen LogP contribution in [-0.4, -0.2) is 13.7 Å². The van der Waals surface area contributed by atoms with Crippen molar-refractivity contribution in [3.8, 4) is 20.3 Å². The number of rotatable bonds is 29. The van der Waals surface area contributed by atoms with Crippen molar-refractivity contribution < 1.29 is 0 Å². The molecular formula is C46H70BrN3S3. The third-order valence-corrected chi connectivity index (χ3v) is 15.6. The highest BCUT2D eigenvalue weighted by Crippen LogP contribution is 2.61. The molecule has 1 aliphatic rings. The van der Waals surface area contributed by atoms with Gasteiger partial charge >= 0.3 is 0 Å². The molecule has 0 saturated heterocycles. The standard InChI is InChI=1S/C46H70BrN3S3/c1-5-9-13-17-19-23-27-35(25-21-15-11-7-3)32-46(33-36(26-22-16-12-8-4)28-24-20-18-14-10-6-2)37-29-30-51-44(37)45-38(46)31-40(52-45)42-43-41(49-53-50-43)39(47)34-48-42/h29-31,34-36H,5-28,32-33H2,1-4H3. The van der Waals surface area contributed by atoms with E-state index in [4.69, 9.17) is 9.36 Å². The third-order valence-electron chi connectivity index (χ3n) is 12.3. The van der Waals surface area contributed by atoms with Crippen LogP contribution in [0.2, 0.25) is 0 Å². The predicted octanol–water partition coefficient (Wildman–Crippen LogP) is 17.4. The molecule has 0 radical (unpaired) electrons. The number of unbranched alkanes of at least 4 members (excludes halogenated alkanes) is 16. The van der Waals surface area contributed by atoms with Crippen LogP contribution in [0, 0.1) is 11.8 Å². The Morgan fingerprint density at radius 2 is 1.09 bits per heavy atom. The second kappa shape index (κ2) is 23.2. The van der Waals surface area contributed by atoms with Crippen molar-refractivity contribution in [3.05, 3.63) is 39.3 Å². The van der Waals surface area contributed by atoms with Crippen LogP contribution < -0.4 is 0 Å². The van der Waals surface area contributed by atoms with Gasteiger partial charge in [-0.3, -0.25) is 4.98 Å². The fraction of sp³-hybridized carbons (Fsp3) is 0.717. The zero-order valence-electron chi connectivity index (χ0n) is 33.8. The molecule has 3 nitrogen and oxygen atoms in total. The van der Waals surface area contributed by atoms with Gasteiger partial charge in [-0.25, -0.2) is 0 Å². The molecule has 2 unspecified atom stereocenters. The number of hydrogen-bond donors (Lipinski definition) is 0. The first-order chi connectivity index (χ1) is 26.1. The molecule has 53 heavy (non-hydrogen) atoms. The summed E-state index contributed by atoms with van der Waals surface area (Å²) in [6.45, 7) is 9.39. The van der Waals surface area contributed by atoms with Crippen LogP contribution in [0.4, 0.5) is 0 Å². The number of fused-ring (bicyclic) bond motifs is 4. The molecule has 0 bridgehead atoms. The highest BCUT2D eigenvalue weighted by atomic mass is 79.9. The number of thiophene rings is 2. The third kappa shape index (κ3) is 11.7. The first-order valence-corrected chi connectivity index (χ1v) is 25.3. The summed E-state index contributed by atoms with van der Waals surface area (Å²) in [5, 5.41) is 2.41. The minimum absolute atomic E-state index is 0.0868. The highest BCUT2D eigenvalue weighted by molar-refractivity contribution is 9.10. The lowest BCUT2D eigenvalue weighted by Gasteiger charge is -2.38. The Kier molecular flexibility index (Phi) is 18.8. The zero-order chi connectivity index (χ0) is 37.3. The quantitative estimate of drug-likeness (QED) is 0.0511. The molecule has 0 saturated carbocycles. The number of aromatic nitrogens is 3. The molecule has 0 fully saturated rings. The van der Waals surface area contributed by atoms with Crippen LogP contribution in [0.25, 0.3) is 31.4 Å². The van der Waals surface area contributed by atoms with Gasteiger partial charge in [0.1, 0.15) is 16.7 Å². The van der Waals surface area contributed by atoms with Gasteiger partial charge in [0.15, 0.2) is 0 Å². The molecule has 2 atom stereocenters. The van der Waals surface area contributed by atoms with Crippen LogP contribution in [0.15, 0.2) is 28.2 Å². The Balaban J connectivity index is 1.51. The molecule has 4 aromatic heterocycles. The number of pyridine rings is 1. The molecule has 0 spiro atoms.